The molecule has 124 valence electrons. The monoisotopic (exact) mass is 352 g/mol. The summed E-state index contributed by atoms with van der Waals surface area (Å²) in [4.78, 5) is 2.24. The molecule has 23 heavy (non-hydrogen) atoms. The van der Waals surface area contributed by atoms with E-state index in [0.717, 1.165) is 11.1 Å². The summed E-state index contributed by atoms with van der Waals surface area (Å²) in [6, 6.07) is 14.4. The maximum Gasteiger partial charge on any atom is 0.243 e. The molecule has 0 saturated heterocycles. The van der Waals surface area contributed by atoms with Crippen LogP contribution in [-0.4, -0.2) is 38.4 Å². The van der Waals surface area contributed by atoms with E-state index in [2.05, 4.69) is 0 Å². The maximum absolute atomic E-state index is 12.6. The molecule has 0 heterocycles. The lowest BCUT2D eigenvalue weighted by atomic mass is 10.2. The van der Waals surface area contributed by atoms with Crippen LogP contribution in [0.15, 0.2) is 53.4 Å². The molecule has 6 heteroatoms. The van der Waals surface area contributed by atoms with Crippen LogP contribution in [0.5, 0.6) is 0 Å². The summed E-state index contributed by atoms with van der Waals surface area (Å²) in [7, 11) is -0.0216. The Kier molecular flexibility index (Phi) is 5.81. The molecule has 4 nitrogen and oxygen atoms in total. The van der Waals surface area contributed by atoms with Crippen LogP contribution in [0.25, 0.3) is 0 Å². The van der Waals surface area contributed by atoms with Crippen molar-refractivity contribution in [2.75, 3.05) is 20.8 Å². The molecule has 0 N–H and O–H groups in total. The Balaban J connectivity index is 2.05. The molecular formula is C17H21ClN2O2S. The van der Waals surface area contributed by atoms with Crippen LogP contribution >= 0.6 is 11.6 Å². The lowest BCUT2D eigenvalue weighted by Crippen LogP contribution is -2.36. The summed E-state index contributed by atoms with van der Waals surface area (Å²) in [6.45, 7) is 2.84. The quantitative estimate of drug-likeness (QED) is 0.748. The third kappa shape index (κ3) is 4.78. The van der Waals surface area contributed by atoms with Gasteiger partial charge in [-0.2, -0.15) is 4.31 Å². The molecule has 0 saturated carbocycles. The van der Waals surface area contributed by atoms with E-state index in [1.54, 1.807) is 31.3 Å². The molecule has 0 aliphatic heterocycles. The first kappa shape index (κ1) is 17.9. The van der Waals surface area contributed by atoms with Crippen LogP contribution in [0.3, 0.4) is 0 Å². The number of halogens is 1. The van der Waals surface area contributed by atoms with Crippen LogP contribution in [0.1, 0.15) is 11.1 Å². The Morgan fingerprint density at radius 3 is 2.30 bits per heavy atom. The normalized spacial score (nSPS) is 12.1. The van der Waals surface area contributed by atoms with Crippen molar-refractivity contribution in [3.8, 4) is 0 Å². The fraction of sp³-hybridized carbons (Fsp3) is 0.294. The predicted octanol–water partition coefficient (Wildman–Crippen LogP) is 3.36. The average molecular weight is 353 g/mol. The van der Waals surface area contributed by atoms with Gasteiger partial charge < -0.3 is 0 Å². The number of hydrogen-bond acceptors (Lipinski definition) is 3. The second-order valence-corrected chi connectivity index (χ2v) is 8.18. The molecule has 2 rings (SSSR count). The first-order chi connectivity index (χ1) is 10.8. The average Bonchev–Trinajstić information content (AvgIpc) is 2.47. The van der Waals surface area contributed by atoms with Gasteiger partial charge in [0.05, 0.1) is 11.6 Å². The summed E-state index contributed by atoms with van der Waals surface area (Å²) >= 11 is 5.97. The van der Waals surface area contributed by atoms with Crippen LogP contribution in [0, 0.1) is 6.92 Å². The van der Waals surface area contributed by atoms with Gasteiger partial charge in [-0.15, -0.1) is 0 Å². The standard InChI is InChI=1S/C17H21ClN2O2S/c1-14-7-9-17(10-8-14)23(21,22)20(3)13-19(2)12-15-5-4-6-16(18)11-15/h4-11H,12-13H2,1-3H3. The van der Waals surface area contributed by atoms with Gasteiger partial charge in [0.1, 0.15) is 0 Å². The third-order valence-electron chi connectivity index (χ3n) is 3.51. The lowest BCUT2D eigenvalue weighted by Gasteiger charge is -2.24. The molecule has 0 aliphatic rings. The molecule has 2 aromatic carbocycles. The Bertz CT molecular complexity index is 760. The Morgan fingerprint density at radius 2 is 1.70 bits per heavy atom. The van der Waals surface area contributed by atoms with Crippen molar-refractivity contribution < 1.29 is 8.42 Å². The highest BCUT2D eigenvalue weighted by molar-refractivity contribution is 7.89. The number of hydrogen-bond donors (Lipinski definition) is 0. The summed E-state index contributed by atoms with van der Waals surface area (Å²) in [5.74, 6) is 0. The second kappa shape index (κ2) is 7.45. The molecule has 0 unspecified atom stereocenters. The zero-order valence-corrected chi connectivity index (χ0v) is 15.1. The fourth-order valence-corrected chi connectivity index (χ4v) is 3.71. The number of nitrogens with zero attached hydrogens (tertiary/aromatic N) is 2. The molecule has 0 spiro atoms. The molecule has 0 fully saturated rings. The summed E-state index contributed by atoms with van der Waals surface area (Å²) < 4.78 is 26.5. The molecule has 0 aromatic heterocycles. The van der Waals surface area contributed by atoms with Gasteiger partial charge in [-0.05, 0) is 43.8 Å². The van der Waals surface area contributed by atoms with Gasteiger partial charge in [0, 0.05) is 18.6 Å². The topological polar surface area (TPSA) is 40.6 Å². The molecule has 0 atom stereocenters. The van der Waals surface area contributed by atoms with Crippen molar-refractivity contribution in [3.05, 3.63) is 64.7 Å². The minimum Gasteiger partial charge on any atom is -0.288 e. The minimum atomic E-state index is -3.49. The SMILES string of the molecule is Cc1ccc(S(=O)(=O)N(C)CN(C)Cc2cccc(Cl)c2)cc1. The molecule has 2 aromatic rings. The van der Waals surface area contributed by atoms with Crippen LogP contribution in [-0.2, 0) is 16.6 Å². The Hall–Kier alpha value is -1.40. The van der Waals surface area contributed by atoms with Gasteiger partial charge in [-0.3, -0.25) is 4.90 Å². The zero-order chi connectivity index (χ0) is 17.0. The molecule has 0 bridgehead atoms. The van der Waals surface area contributed by atoms with Crippen molar-refractivity contribution >= 4 is 21.6 Å². The lowest BCUT2D eigenvalue weighted by molar-refractivity contribution is 0.244. The highest BCUT2D eigenvalue weighted by Gasteiger charge is 2.21. The highest BCUT2D eigenvalue weighted by atomic mass is 35.5. The predicted molar refractivity (Wildman–Crippen MR) is 93.9 cm³/mol. The number of benzene rings is 2. The largest absolute Gasteiger partial charge is 0.288 e. The van der Waals surface area contributed by atoms with E-state index in [1.807, 2.05) is 43.1 Å². The van der Waals surface area contributed by atoms with Crippen molar-refractivity contribution in [1.82, 2.24) is 9.21 Å². The Morgan fingerprint density at radius 1 is 1.04 bits per heavy atom. The molecule has 0 radical (unpaired) electrons. The maximum atomic E-state index is 12.6. The van der Waals surface area contributed by atoms with Crippen molar-refractivity contribution in [2.45, 2.75) is 18.4 Å². The summed E-state index contributed by atoms with van der Waals surface area (Å²) in [5, 5.41) is 0.677. The van der Waals surface area contributed by atoms with Gasteiger partial charge in [0.15, 0.2) is 0 Å². The number of sulfonamides is 1. The molecule has 0 amide bonds. The van der Waals surface area contributed by atoms with Crippen LogP contribution in [0.4, 0.5) is 0 Å². The molecular weight excluding hydrogens is 332 g/mol. The zero-order valence-electron chi connectivity index (χ0n) is 13.5. The number of rotatable bonds is 6. The van der Waals surface area contributed by atoms with E-state index in [4.69, 9.17) is 11.6 Å². The smallest absolute Gasteiger partial charge is 0.243 e. The van der Waals surface area contributed by atoms with Crippen LogP contribution < -0.4 is 0 Å². The van der Waals surface area contributed by atoms with Gasteiger partial charge in [-0.25, -0.2) is 8.42 Å². The first-order valence-electron chi connectivity index (χ1n) is 7.25. The van der Waals surface area contributed by atoms with E-state index >= 15 is 0 Å². The van der Waals surface area contributed by atoms with Crippen molar-refractivity contribution in [2.24, 2.45) is 0 Å². The van der Waals surface area contributed by atoms with Gasteiger partial charge >= 0.3 is 0 Å². The summed E-state index contributed by atoms with van der Waals surface area (Å²) in [6.07, 6.45) is 0. The van der Waals surface area contributed by atoms with E-state index in [1.165, 1.54) is 4.31 Å². The minimum absolute atomic E-state index is 0.294. The first-order valence-corrected chi connectivity index (χ1v) is 9.07. The van der Waals surface area contributed by atoms with Gasteiger partial charge in [0.2, 0.25) is 10.0 Å². The molecule has 0 aliphatic carbocycles. The van der Waals surface area contributed by atoms with E-state index in [9.17, 15) is 8.42 Å². The van der Waals surface area contributed by atoms with Crippen molar-refractivity contribution in [3.63, 3.8) is 0 Å². The van der Waals surface area contributed by atoms with Gasteiger partial charge in [0.25, 0.3) is 0 Å². The van der Waals surface area contributed by atoms with Gasteiger partial charge in [-0.1, -0.05) is 41.4 Å². The van der Waals surface area contributed by atoms with Crippen molar-refractivity contribution in [1.29, 1.82) is 0 Å². The van der Waals surface area contributed by atoms with E-state index < -0.39 is 10.0 Å². The fourth-order valence-electron chi connectivity index (χ4n) is 2.30. The van der Waals surface area contributed by atoms with E-state index in [0.29, 0.717) is 23.1 Å². The second-order valence-electron chi connectivity index (χ2n) is 5.70. The summed E-state index contributed by atoms with van der Waals surface area (Å²) in [5.41, 5.74) is 2.07. The third-order valence-corrected chi connectivity index (χ3v) is 5.55. The number of aryl methyl sites for hydroxylation is 1. The van der Waals surface area contributed by atoms with E-state index in [-0.39, 0.29) is 0 Å². The van der Waals surface area contributed by atoms with Crippen LogP contribution in [0.2, 0.25) is 5.02 Å². The Labute approximate surface area is 143 Å². The highest BCUT2D eigenvalue weighted by Crippen LogP contribution is 2.16.